The monoisotopic (exact) mass is 228 g/mol. The molecule has 0 radical (unpaired) electrons. The molecule has 3 N–H and O–H groups in total. The van der Waals surface area contributed by atoms with E-state index in [4.69, 9.17) is 5.73 Å². The van der Waals surface area contributed by atoms with Crippen LogP contribution in [0.1, 0.15) is 19.3 Å². The maximum Gasteiger partial charge on any atom is 0.137 e. The maximum atomic E-state index is 6.06. The Morgan fingerprint density at radius 2 is 2.06 bits per heavy atom. The molecule has 1 aliphatic rings. The molecule has 4 heteroatoms. The van der Waals surface area contributed by atoms with Crippen molar-refractivity contribution in [2.45, 2.75) is 31.3 Å². The number of para-hydroxylation sites is 1. The molecule has 0 aliphatic heterocycles. The number of benzene rings is 1. The summed E-state index contributed by atoms with van der Waals surface area (Å²) < 4.78 is 0. The Kier molecular flexibility index (Phi) is 2.65. The zero-order chi connectivity index (χ0) is 11.7. The van der Waals surface area contributed by atoms with Gasteiger partial charge in [0.05, 0.1) is 5.52 Å². The second kappa shape index (κ2) is 4.30. The predicted octanol–water partition coefficient (Wildman–Crippen LogP) is 1.92. The molecule has 1 fully saturated rings. The zero-order valence-corrected chi connectivity index (χ0v) is 9.63. The molecule has 0 amide bonds. The van der Waals surface area contributed by atoms with Gasteiger partial charge < -0.3 is 11.1 Å². The van der Waals surface area contributed by atoms with Gasteiger partial charge in [0, 0.05) is 17.5 Å². The lowest BCUT2D eigenvalue weighted by Gasteiger charge is -2.18. The van der Waals surface area contributed by atoms with Gasteiger partial charge in [0.2, 0.25) is 0 Å². The van der Waals surface area contributed by atoms with Crippen molar-refractivity contribution in [1.29, 1.82) is 0 Å². The van der Waals surface area contributed by atoms with Crippen LogP contribution in [0.2, 0.25) is 0 Å². The van der Waals surface area contributed by atoms with Crippen LogP contribution < -0.4 is 11.1 Å². The summed E-state index contributed by atoms with van der Waals surface area (Å²) in [5.74, 6) is 0.901. The average molecular weight is 228 g/mol. The Morgan fingerprint density at radius 3 is 2.88 bits per heavy atom. The summed E-state index contributed by atoms with van der Waals surface area (Å²) in [6, 6.07) is 8.61. The summed E-state index contributed by atoms with van der Waals surface area (Å²) in [6.07, 6.45) is 5.02. The third-order valence-electron chi connectivity index (χ3n) is 3.43. The number of hydrogen-bond donors (Lipinski definition) is 2. The Balaban J connectivity index is 1.94. The van der Waals surface area contributed by atoms with E-state index in [9.17, 15) is 0 Å². The van der Waals surface area contributed by atoms with Crippen molar-refractivity contribution >= 4 is 16.7 Å². The lowest BCUT2D eigenvalue weighted by molar-refractivity contribution is 0.636. The van der Waals surface area contributed by atoms with E-state index in [2.05, 4.69) is 15.3 Å². The van der Waals surface area contributed by atoms with Crippen molar-refractivity contribution in [1.82, 2.24) is 9.97 Å². The highest BCUT2D eigenvalue weighted by Crippen LogP contribution is 2.24. The molecule has 17 heavy (non-hydrogen) atoms. The topological polar surface area (TPSA) is 63.8 Å². The van der Waals surface area contributed by atoms with Crippen molar-refractivity contribution in [2.24, 2.45) is 5.73 Å². The predicted molar refractivity (Wildman–Crippen MR) is 68.8 cm³/mol. The van der Waals surface area contributed by atoms with Gasteiger partial charge in [0.25, 0.3) is 0 Å². The number of nitrogens with two attached hydrogens (primary N) is 1. The number of hydrogen-bond acceptors (Lipinski definition) is 4. The molecule has 88 valence electrons. The molecule has 2 atom stereocenters. The van der Waals surface area contributed by atoms with E-state index < -0.39 is 0 Å². The van der Waals surface area contributed by atoms with Crippen LogP contribution >= 0.6 is 0 Å². The molecular formula is C13H16N4. The minimum Gasteiger partial charge on any atom is -0.365 e. The van der Waals surface area contributed by atoms with E-state index in [0.717, 1.165) is 29.6 Å². The van der Waals surface area contributed by atoms with E-state index in [1.54, 1.807) is 6.33 Å². The Hall–Kier alpha value is -1.68. The van der Waals surface area contributed by atoms with Crippen molar-refractivity contribution in [3.05, 3.63) is 30.6 Å². The highest BCUT2D eigenvalue weighted by molar-refractivity contribution is 5.88. The van der Waals surface area contributed by atoms with E-state index in [1.807, 2.05) is 24.3 Å². The molecule has 1 aliphatic carbocycles. The van der Waals surface area contributed by atoms with Crippen LogP contribution in [0.3, 0.4) is 0 Å². The van der Waals surface area contributed by atoms with E-state index in [0.29, 0.717) is 6.04 Å². The zero-order valence-electron chi connectivity index (χ0n) is 9.63. The van der Waals surface area contributed by atoms with Crippen LogP contribution in [0.15, 0.2) is 30.6 Å². The smallest absolute Gasteiger partial charge is 0.137 e. The number of rotatable bonds is 2. The SMILES string of the molecule is NC1CCCC1Nc1ncnc2ccccc12. The molecule has 0 bridgehead atoms. The Bertz CT molecular complexity index is 520. The lowest BCUT2D eigenvalue weighted by Crippen LogP contribution is -2.35. The fourth-order valence-corrected chi connectivity index (χ4v) is 2.46. The molecule has 2 unspecified atom stereocenters. The minimum atomic E-state index is 0.240. The van der Waals surface area contributed by atoms with Gasteiger partial charge in [-0.15, -0.1) is 0 Å². The van der Waals surface area contributed by atoms with Crippen LogP contribution in [0, 0.1) is 0 Å². The van der Waals surface area contributed by atoms with Gasteiger partial charge >= 0.3 is 0 Å². The molecule has 3 rings (SSSR count). The minimum absolute atomic E-state index is 0.240. The van der Waals surface area contributed by atoms with Crippen LogP contribution in [0.25, 0.3) is 10.9 Å². The molecule has 1 aromatic heterocycles. The van der Waals surface area contributed by atoms with Crippen molar-refractivity contribution < 1.29 is 0 Å². The summed E-state index contributed by atoms with van der Waals surface area (Å²) >= 11 is 0. The van der Waals surface area contributed by atoms with Gasteiger partial charge in [0.15, 0.2) is 0 Å². The second-order valence-corrected chi connectivity index (χ2v) is 4.59. The Labute approximate surface area is 100 Å². The van der Waals surface area contributed by atoms with Gasteiger partial charge in [-0.3, -0.25) is 0 Å². The van der Waals surface area contributed by atoms with Crippen molar-refractivity contribution in [2.75, 3.05) is 5.32 Å². The summed E-state index contributed by atoms with van der Waals surface area (Å²) in [5.41, 5.74) is 7.03. The van der Waals surface area contributed by atoms with Gasteiger partial charge in [-0.25, -0.2) is 9.97 Å². The first-order valence-electron chi connectivity index (χ1n) is 6.06. The third kappa shape index (κ3) is 1.96. The first kappa shape index (κ1) is 10.5. The molecule has 2 aromatic rings. The average Bonchev–Trinajstić information content (AvgIpc) is 2.76. The quantitative estimate of drug-likeness (QED) is 0.824. The molecule has 1 saturated carbocycles. The standard InChI is InChI=1S/C13H16N4/c14-10-5-3-7-12(10)17-13-9-4-1-2-6-11(9)15-8-16-13/h1-2,4,6,8,10,12H,3,5,7,14H2,(H,15,16,17). The van der Waals surface area contributed by atoms with E-state index >= 15 is 0 Å². The molecule has 4 nitrogen and oxygen atoms in total. The summed E-state index contributed by atoms with van der Waals surface area (Å²) in [5, 5.41) is 4.52. The van der Waals surface area contributed by atoms with Gasteiger partial charge in [-0.05, 0) is 31.4 Å². The summed E-state index contributed by atoms with van der Waals surface area (Å²) in [7, 11) is 0. The van der Waals surface area contributed by atoms with Crippen LogP contribution in [0.4, 0.5) is 5.82 Å². The Morgan fingerprint density at radius 1 is 1.18 bits per heavy atom. The van der Waals surface area contributed by atoms with Crippen LogP contribution in [-0.2, 0) is 0 Å². The summed E-state index contributed by atoms with van der Waals surface area (Å²) in [4.78, 5) is 8.58. The number of nitrogens with zero attached hydrogens (tertiary/aromatic N) is 2. The van der Waals surface area contributed by atoms with Crippen LogP contribution in [0.5, 0.6) is 0 Å². The normalized spacial score (nSPS) is 24.1. The highest BCUT2D eigenvalue weighted by atomic mass is 15.1. The van der Waals surface area contributed by atoms with Gasteiger partial charge in [-0.1, -0.05) is 12.1 Å². The fraction of sp³-hybridized carbons (Fsp3) is 0.385. The summed E-state index contributed by atoms with van der Waals surface area (Å²) in [6.45, 7) is 0. The molecule has 1 heterocycles. The number of anilines is 1. The largest absolute Gasteiger partial charge is 0.365 e. The maximum absolute atomic E-state index is 6.06. The van der Waals surface area contributed by atoms with E-state index in [-0.39, 0.29) is 6.04 Å². The highest BCUT2D eigenvalue weighted by Gasteiger charge is 2.24. The van der Waals surface area contributed by atoms with Gasteiger partial charge in [-0.2, -0.15) is 0 Å². The fourth-order valence-electron chi connectivity index (χ4n) is 2.46. The lowest BCUT2D eigenvalue weighted by atomic mass is 10.1. The molecular weight excluding hydrogens is 212 g/mol. The van der Waals surface area contributed by atoms with Crippen molar-refractivity contribution in [3.8, 4) is 0 Å². The first-order valence-corrected chi connectivity index (χ1v) is 6.06. The molecule has 0 saturated heterocycles. The third-order valence-corrected chi connectivity index (χ3v) is 3.43. The molecule has 0 spiro atoms. The second-order valence-electron chi connectivity index (χ2n) is 4.59. The number of nitrogens with one attached hydrogen (secondary N) is 1. The molecule has 1 aromatic carbocycles. The first-order chi connectivity index (χ1) is 8.34. The number of fused-ring (bicyclic) bond motifs is 1. The van der Waals surface area contributed by atoms with E-state index in [1.165, 1.54) is 6.42 Å². The van der Waals surface area contributed by atoms with Gasteiger partial charge in [0.1, 0.15) is 12.1 Å². The van der Waals surface area contributed by atoms with Crippen molar-refractivity contribution in [3.63, 3.8) is 0 Å². The van der Waals surface area contributed by atoms with Crippen LogP contribution in [-0.4, -0.2) is 22.1 Å². The number of aromatic nitrogens is 2.